The third-order valence-corrected chi connectivity index (χ3v) is 1.85. The van der Waals surface area contributed by atoms with E-state index >= 15 is 0 Å². The van der Waals surface area contributed by atoms with Crippen LogP contribution in [0.1, 0.15) is 5.56 Å². The Morgan fingerprint density at radius 1 is 1.62 bits per heavy atom. The second kappa shape index (κ2) is 4.00. The van der Waals surface area contributed by atoms with Crippen LogP contribution < -0.4 is 10.5 Å². The van der Waals surface area contributed by atoms with Gasteiger partial charge in [-0.25, -0.2) is 0 Å². The van der Waals surface area contributed by atoms with Crippen molar-refractivity contribution in [3.8, 4) is 5.75 Å². The summed E-state index contributed by atoms with van der Waals surface area (Å²) >= 11 is 5.81. The van der Waals surface area contributed by atoms with Crippen molar-refractivity contribution in [1.82, 2.24) is 0 Å². The number of rotatable bonds is 2. The highest BCUT2D eigenvalue weighted by Crippen LogP contribution is 2.24. The lowest BCUT2D eigenvalue weighted by atomic mass is 10.2. The minimum absolute atomic E-state index is 0.0181. The monoisotopic (exact) mass is 200 g/mol. The van der Waals surface area contributed by atoms with Crippen LogP contribution in [0, 0.1) is 0 Å². The lowest BCUT2D eigenvalue weighted by Crippen LogP contribution is -2.12. The molecule has 0 amide bonds. The molecule has 5 heteroatoms. The van der Waals surface area contributed by atoms with Crippen LogP contribution in [0.15, 0.2) is 23.4 Å². The zero-order valence-corrected chi connectivity index (χ0v) is 7.75. The van der Waals surface area contributed by atoms with E-state index in [-0.39, 0.29) is 5.84 Å². The Hall–Kier alpha value is -1.42. The molecule has 0 radical (unpaired) electrons. The van der Waals surface area contributed by atoms with Gasteiger partial charge in [0.25, 0.3) is 0 Å². The second-order valence-electron chi connectivity index (χ2n) is 2.33. The van der Waals surface area contributed by atoms with Crippen LogP contribution in [0.25, 0.3) is 0 Å². The minimum Gasteiger partial charge on any atom is -0.495 e. The maximum atomic E-state index is 8.39. The summed E-state index contributed by atoms with van der Waals surface area (Å²) in [7, 11) is 1.52. The molecule has 4 nitrogen and oxygen atoms in total. The Morgan fingerprint density at radius 3 is 2.77 bits per heavy atom. The van der Waals surface area contributed by atoms with E-state index in [4.69, 9.17) is 27.3 Å². The van der Waals surface area contributed by atoms with Gasteiger partial charge in [0.2, 0.25) is 0 Å². The molecule has 1 aromatic carbocycles. The predicted octanol–water partition coefficient (Wildman–Crippen LogP) is 1.44. The summed E-state index contributed by atoms with van der Waals surface area (Å²) < 4.78 is 4.94. The van der Waals surface area contributed by atoms with Gasteiger partial charge in [-0.15, -0.1) is 0 Å². The second-order valence-corrected chi connectivity index (χ2v) is 2.74. The van der Waals surface area contributed by atoms with Gasteiger partial charge in [0.15, 0.2) is 5.84 Å². The first-order chi connectivity index (χ1) is 6.19. The SMILES string of the molecule is COc1ccc(C(N)=NO)cc1Cl. The molecule has 0 aliphatic heterocycles. The normalized spacial score (nSPS) is 11.4. The van der Waals surface area contributed by atoms with Crippen LogP contribution in [0.4, 0.5) is 0 Å². The zero-order valence-electron chi connectivity index (χ0n) is 6.99. The van der Waals surface area contributed by atoms with Gasteiger partial charge in [0.05, 0.1) is 12.1 Å². The number of hydrogen-bond donors (Lipinski definition) is 2. The van der Waals surface area contributed by atoms with Crippen molar-refractivity contribution in [2.45, 2.75) is 0 Å². The van der Waals surface area contributed by atoms with Gasteiger partial charge in [0, 0.05) is 5.56 Å². The van der Waals surface area contributed by atoms with E-state index in [1.54, 1.807) is 18.2 Å². The maximum Gasteiger partial charge on any atom is 0.170 e. The molecule has 70 valence electrons. The summed E-state index contributed by atoms with van der Waals surface area (Å²) in [4.78, 5) is 0. The number of methoxy groups -OCH3 is 1. The molecule has 0 unspecified atom stereocenters. The van der Waals surface area contributed by atoms with E-state index in [1.165, 1.54) is 7.11 Å². The molecule has 0 aliphatic carbocycles. The van der Waals surface area contributed by atoms with Gasteiger partial charge in [-0.1, -0.05) is 16.8 Å². The van der Waals surface area contributed by atoms with E-state index in [2.05, 4.69) is 5.16 Å². The van der Waals surface area contributed by atoms with Crippen molar-refractivity contribution in [2.24, 2.45) is 10.9 Å². The molecule has 1 aromatic rings. The Morgan fingerprint density at radius 2 is 2.31 bits per heavy atom. The van der Waals surface area contributed by atoms with Gasteiger partial charge in [-0.3, -0.25) is 0 Å². The number of oxime groups is 1. The number of benzene rings is 1. The summed E-state index contributed by atoms with van der Waals surface area (Å²) in [5.74, 6) is 0.570. The lowest BCUT2D eigenvalue weighted by Gasteiger charge is -2.04. The molecule has 0 atom stereocenters. The molecular weight excluding hydrogens is 192 g/mol. The highest BCUT2D eigenvalue weighted by atomic mass is 35.5. The molecule has 3 N–H and O–H groups in total. The van der Waals surface area contributed by atoms with Crippen LogP contribution in [0.3, 0.4) is 0 Å². The topological polar surface area (TPSA) is 67.8 Å². The van der Waals surface area contributed by atoms with Crippen molar-refractivity contribution >= 4 is 17.4 Å². The molecule has 1 rings (SSSR count). The molecule has 13 heavy (non-hydrogen) atoms. The van der Waals surface area contributed by atoms with E-state index in [9.17, 15) is 0 Å². The first kappa shape index (κ1) is 9.67. The summed E-state index contributed by atoms with van der Waals surface area (Å²) in [6.45, 7) is 0. The summed E-state index contributed by atoms with van der Waals surface area (Å²) in [5, 5.41) is 11.7. The van der Waals surface area contributed by atoms with E-state index in [0.717, 1.165) is 0 Å². The third kappa shape index (κ3) is 2.03. The van der Waals surface area contributed by atoms with Gasteiger partial charge in [0.1, 0.15) is 5.75 Å². The van der Waals surface area contributed by atoms with Crippen molar-refractivity contribution in [1.29, 1.82) is 0 Å². The largest absolute Gasteiger partial charge is 0.495 e. The highest BCUT2D eigenvalue weighted by molar-refractivity contribution is 6.32. The Labute approximate surface area is 80.6 Å². The average Bonchev–Trinajstić information content (AvgIpc) is 2.16. The molecule has 0 heterocycles. The fourth-order valence-corrected chi connectivity index (χ4v) is 1.14. The first-order valence-corrected chi connectivity index (χ1v) is 3.88. The lowest BCUT2D eigenvalue weighted by molar-refractivity contribution is 0.318. The van der Waals surface area contributed by atoms with Crippen molar-refractivity contribution in [2.75, 3.05) is 7.11 Å². The molecule has 0 saturated carbocycles. The average molecular weight is 201 g/mol. The van der Waals surface area contributed by atoms with Crippen molar-refractivity contribution in [3.63, 3.8) is 0 Å². The van der Waals surface area contributed by atoms with Crippen LogP contribution >= 0.6 is 11.6 Å². The molecule has 0 fully saturated rings. The van der Waals surface area contributed by atoms with Gasteiger partial charge < -0.3 is 15.7 Å². The van der Waals surface area contributed by atoms with Crippen LogP contribution in [0.2, 0.25) is 5.02 Å². The smallest absolute Gasteiger partial charge is 0.170 e. The molecular formula is C8H9ClN2O2. The van der Waals surface area contributed by atoms with E-state index in [0.29, 0.717) is 16.3 Å². The predicted molar refractivity (Wildman–Crippen MR) is 50.5 cm³/mol. The molecule has 0 saturated heterocycles. The molecule has 0 aromatic heterocycles. The maximum absolute atomic E-state index is 8.39. The Kier molecular flexibility index (Phi) is 2.97. The van der Waals surface area contributed by atoms with Gasteiger partial charge in [-0.2, -0.15) is 0 Å². The van der Waals surface area contributed by atoms with Gasteiger partial charge >= 0.3 is 0 Å². The minimum atomic E-state index is 0.0181. The van der Waals surface area contributed by atoms with Crippen molar-refractivity contribution in [3.05, 3.63) is 28.8 Å². The summed E-state index contributed by atoms with van der Waals surface area (Å²) in [6, 6.07) is 4.87. The highest BCUT2D eigenvalue weighted by Gasteiger charge is 2.04. The molecule has 0 bridgehead atoms. The van der Waals surface area contributed by atoms with Crippen LogP contribution in [-0.4, -0.2) is 18.2 Å². The zero-order chi connectivity index (χ0) is 9.84. The van der Waals surface area contributed by atoms with Gasteiger partial charge in [-0.05, 0) is 18.2 Å². The van der Waals surface area contributed by atoms with Crippen LogP contribution in [-0.2, 0) is 0 Å². The quantitative estimate of drug-likeness (QED) is 0.329. The number of nitrogens with two attached hydrogens (primary N) is 1. The Bertz CT molecular complexity index is 339. The summed E-state index contributed by atoms with van der Waals surface area (Å²) in [6.07, 6.45) is 0. The standard InChI is InChI=1S/C8H9ClN2O2/c1-13-7-3-2-5(4-6(7)9)8(10)11-12/h2-4,12H,1H3,(H2,10,11). The van der Waals surface area contributed by atoms with E-state index in [1.807, 2.05) is 0 Å². The summed E-state index contributed by atoms with van der Waals surface area (Å²) in [5.41, 5.74) is 5.90. The third-order valence-electron chi connectivity index (χ3n) is 1.56. The number of hydrogen-bond acceptors (Lipinski definition) is 3. The number of nitrogens with zero attached hydrogens (tertiary/aromatic N) is 1. The number of halogens is 1. The van der Waals surface area contributed by atoms with Crippen LogP contribution in [0.5, 0.6) is 5.75 Å². The van der Waals surface area contributed by atoms with Crippen molar-refractivity contribution < 1.29 is 9.94 Å². The molecule has 0 aliphatic rings. The number of ether oxygens (including phenoxy) is 1. The Balaban J connectivity index is 3.10. The van der Waals surface area contributed by atoms with E-state index < -0.39 is 0 Å². The number of amidine groups is 1. The first-order valence-electron chi connectivity index (χ1n) is 3.50. The molecule has 0 spiro atoms. The fourth-order valence-electron chi connectivity index (χ4n) is 0.883. The fraction of sp³-hybridized carbons (Fsp3) is 0.125.